The quantitative estimate of drug-likeness (QED) is 0.806. The van der Waals surface area contributed by atoms with Gasteiger partial charge in [-0.05, 0) is 44.5 Å². The lowest BCUT2D eigenvalue weighted by Gasteiger charge is -2.32. The molecule has 0 N–H and O–H groups in total. The van der Waals surface area contributed by atoms with Crippen molar-refractivity contribution in [2.75, 3.05) is 46.3 Å². The smallest absolute Gasteiger partial charge is 0.253 e. The molecule has 0 atom stereocenters. The van der Waals surface area contributed by atoms with E-state index in [0.29, 0.717) is 11.7 Å². The number of piperidine rings is 1. The first-order valence-corrected chi connectivity index (χ1v) is 10.2. The number of rotatable bonds is 4. The maximum atomic E-state index is 13.0. The summed E-state index contributed by atoms with van der Waals surface area (Å²) in [5.41, 5.74) is 2.00. The molecule has 1 aromatic heterocycles. The molecule has 0 bridgehead atoms. The van der Waals surface area contributed by atoms with E-state index in [9.17, 15) is 4.79 Å². The van der Waals surface area contributed by atoms with Crippen LogP contribution < -0.4 is 0 Å². The highest BCUT2D eigenvalue weighted by atomic mass is 16.5. The third-order valence-corrected chi connectivity index (χ3v) is 5.85. The summed E-state index contributed by atoms with van der Waals surface area (Å²) < 4.78 is 5.31. The number of hydrogen-bond acceptors (Lipinski definition) is 6. The minimum atomic E-state index is 0.125. The van der Waals surface area contributed by atoms with E-state index >= 15 is 0 Å². The van der Waals surface area contributed by atoms with Gasteiger partial charge in [0.2, 0.25) is 5.89 Å². The number of benzene rings is 1. The zero-order valence-electron chi connectivity index (χ0n) is 16.8. The predicted molar refractivity (Wildman–Crippen MR) is 106 cm³/mol. The summed E-state index contributed by atoms with van der Waals surface area (Å²) in [7, 11) is 2.17. The highest BCUT2D eigenvalue weighted by Gasteiger charge is 2.27. The molecule has 28 heavy (non-hydrogen) atoms. The van der Waals surface area contributed by atoms with Gasteiger partial charge in [0.1, 0.15) is 0 Å². The molecule has 0 radical (unpaired) electrons. The number of nitrogens with zero attached hydrogens (tertiary/aromatic N) is 5. The van der Waals surface area contributed by atoms with Crippen molar-refractivity contribution in [1.29, 1.82) is 0 Å². The Balaban J connectivity index is 1.35. The first-order valence-electron chi connectivity index (χ1n) is 10.2. The number of amides is 1. The minimum absolute atomic E-state index is 0.125. The molecule has 2 aliphatic heterocycles. The summed E-state index contributed by atoms with van der Waals surface area (Å²) in [5, 5.41) is 3.88. The van der Waals surface area contributed by atoms with Gasteiger partial charge in [-0.2, -0.15) is 4.98 Å². The van der Waals surface area contributed by atoms with Crippen LogP contribution in [0.2, 0.25) is 0 Å². The molecule has 2 aliphatic rings. The Bertz CT molecular complexity index is 805. The highest BCUT2D eigenvalue weighted by molar-refractivity contribution is 5.94. The molecule has 7 nitrogen and oxygen atoms in total. The average Bonchev–Trinajstić information content (AvgIpc) is 3.16. The van der Waals surface area contributed by atoms with Gasteiger partial charge >= 0.3 is 0 Å². The molecular weight excluding hydrogens is 354 g/mol. The third-order valence-electron chi connectivity index (χ3n) is 5.85. The van der Waals surface area contributed by atoms with Crippen LogP contribution in [0.5, 0.6) is 0 Å². The Morgan fingerprint density at radius 3 is 2.57 bits per heavy atom. The van der Waals surface area contributed by atoms with Crippen LogP contribution in [0.1, 0.15) is 46.4 Å². The van der Waals surface area contributed by atoms with Crippen molar-refractivity contribution < 1.29 is 9.32 Å². The van der Waals surface area contributed by atoms with Crippen molar-refractivity contribution >= 4 is 5.91 Å². The minimum Gasteiger partial charge on any atom is -0.339 e. The van der Waals surface area contributed by atoms with E-state index in [4.69, 9.17) is 4.52 Å². The standard InChI is InChI=1S/C21H29N5O2/c1-16-22-20(28-23-16)18-6-8-26(9-7-18)21(27)19-5-3-4-17(14-19)15-25-12-10-24(2)11-13-25/h3-5,14,18H,6-13,15H2,1-2H3. The second-order valence-corrected chi connectivity index (χ2v) is 8.03. The monoisotopic (exact) mass is 383 g/mol. The summed E-state index contributed by atoms with van der Waals surface area (Å²) in [4.78, 5) is 24.1. The largest absolute Gasteiger partial charge is 0.339 e. The molecule has 2 fully saturated rings. The molecule has 3 heterocycles. The van der Waals surface area contributed by atoms with Gasteiger partial charge in [0, 0.05) is 57.3 Å². The van der Waals surface area contributed by atoms with Gasteiger partial charge < -0.3 is 14.3 Å². The molecule has 2 saturated heterocycles. The lowest BCUT2D eigenvalue weighted by molar-refractivity contribution is 0.0704. The van der Waals surface area contributed by atoms with Crippen LogP contribution in [0, 0.1) is 6.92 Å². The van der Waals surface area contributed by atoms with E-state index in [1.807, 2.05) is 24.0 Å². The summed E-state index contributed by atoms with van der Waals surface area (Å²) in [6.07, 6.45) is 1.74. The van der Waals surface area contributed by atoms with Crippen LogP contribution in [0.15, 0.2) is 28.8 Å². The van der Waals surface area contributed by atoms with E-state index in [1.165, 1.54) is 5.56 Å². The Labute approximate surface area is 166 Å². The van der Waals surface area contributed by atoms with E-state index < -0.39 is 0 Å². The van der Waals surface area contributed by atoms with E-state index in [1.54, 1.807) is 0 Å². The molecule has 0 saturated carbocycles. The lowest BCUT2D eigenvalue weighted by Crippen LogP contribution is -2.43. The van der Waals surface area contributed by atoms with Crippen LogP contribution in [0.4, 0.5) is 0 Å². The fourth-order valence-corrected chi connectivity index (χ4v) is 4.06. The van der Waals surface area contributed by atoms with Crippen LogP contribution in [0.25, 0.3) is 0 Å². The van der Waals surface area contributed by atoms with Crippen molar-refractivity contribution in [3.05, 3.63) is 47.1 Å². The van der Waals surface area contributed by atoms with Gasteiger partial charge in [0.15, 0.2) is 5.82 Å². The predicted octanol–water partition coefficient (Wildman–Crippen LogP) is 2.15. The first-order chi connectivity index (χ1) is 13.6. The fraction of sp³-hybridized carbons (Fsp3) is 0.571. The van der Waals surface area contributed by atoms with Gasteiger partial charge in [0.25, 0.3) is 5.91 Å². The zero-order valence-corrected chi connectivity index (χ0v) is 16.8. The van der Waals surface area contributed by atoms with Crippen LogP contribution >= 0.6 is 0 Å². The van der Waals surface area contributed by atoms with E-state index in [2.05, 4.69) is 39.1 Å². The first kappa shape index (κ1) is 19.1. The van der Waals surface area contributed by atoms with Gasteiger partial charge in [-0.25, -0.2) is 0 Å². The number of aryl methyl sites for hydroxylation is 1. The number of aromatic nitrogens is 2. The summed E-state index contributed by atoms with van der Waals surface area (Å²) >= 11 is 0. The number of likely N-dealkylation sites (N-methyl/N-ethyl adjacent to an activating group) is 1. The molecule has 4 rings (SSSR count). The van der Waals surface area contributed by atoms with Crippen molar-refractivity contribution in [2.45, 2.75) is 32.2 Å². The van der Waals surface area contributed by atoms with Crippen molar-refractivity contribution in [2.24, 2.45) is 0 Å². The van der Waals surface area contributed by atoms with E-state index in [0.717, 1.165) is 64.2 Å². The number of likely N-dealkylation sites (tertiary alicyclic amines) is 1. The van der Waals surface area contributed by atoms with Crippen molar-refractivity contribution in [3.63, 3.8) is 0 Å². The Hall–Kier alpha value is -2.25. The van der Waals surface area contributed by atoms with Crippen molar-refractivity contribution in [1.82, 2.24) is 24.8 Å². The molecule has 0 aliphatic carbocycles. The van der Waals surface area contributed by atoms with Crippen LogP contribution in [-0.2, 0) is 6.54 Å². The molecule has 0 unspecified atom stereocenters. The molecule has 1 amide bonds. The Kier molecular flexibility index (Phi) is 5.73. The van der Waals surface area contributed by atoms with Gasteiger partial charge in [-0.15, -0.1) is 0 Å². The van der Waals surface area contributed by atoms with Crippen molar-refractivity contribution in [3.8, 4) is 0 Å². The maximum absolute atomic E-state index is 13.0. The van der Waals surface area contributed by atoms with Gasteiger partial charge in [0.05, 0.1) is 0 Å². The van der Waals surface area contributed by atoms with Gasteiger partial charge in [-0.3, -0.25) is 9.69 Å². The molecule has 150 valence electrons. The normalized spacial score (nSPS) is 19.9. The van der Waals surface area contributed by atoms with Crippen LogP contribution in [0.3, 0.4) is 0 Å². The SMILES string of the molecule is Cc1noc(C2CCN(C(=O)c3cccc(CN4CCN(C)CC4)c3)CC2)n1. The topological polar surface area (TPSA) is 65.7 Å². The molecular formula is C21H29N5O2. The second kappa shape index (κ2) is 8.41. The summed E-state index contributed by atoms with van der Waals surface area (Å²) in [6.45, 7) is 8.57. The highest BCUT2D eigenvalue weighted by Crippen LogP contribution is 2.27. The fourth-order valence-electron chi connectivity index (χ4n) is 4.06. The molecule has 7 heteroatoms. The lowest BCUT2D eigenvalue weighted by atomic mass is 9.96. The summed E-state index contributed by atoms with van der Waals surface area (Å²) in [5.74, 6) is 1.76. The number of carbonyl (C=O) groups is 1. The van der Waals surface area contributed by atoms with Gasteiger partial charge in [-0.1, -0.05) is 17.3 Å². The Morgan fingerprint density at radius 1 is 1.14 bits per heavy atom. The zero-order chi connectivity index (χ0) is 19.5. The second-order valence-electron chi connectivity index (χ2n) is 8.03. The van der Waals surface area contributed by atoms with E-state index in [-0.39, 0.29) is 11.8 Å². The third kappa shape index (κ3) is 4.42. The maximum Gasteiger partial charge on any atom is 0.253 e. The summed E-state index contributed by atoms with van der Waals surface area (Å²) in [6, 6.07) is 8.13. The number of piperazine rings is 1. The molecule has 1 aromatic carbocycles. The number of carbonyl (C=O) groups excluding carboxylic acids is 1. The molecule has 0 spiro atoms. The van der Waals surface area contributed by atoms with Crippen LogP contribution in [-0.4, -0.2) is 77.1 Å². The number of hydrogen-bond donors (Lipinski definition) is 0. The average molecular weight is 383 g/mol. The Morgan fingerprint density at radius 2 is 1.89 bits per heavy atom. The molecule has 2 aromatic rings.